The number of thioether (sulfide) groups is 1. The van der Waals surface area contributed by atoms with Crippen LogP contribution < -0.4 is 10.8 Å². The average molecular weight is 187 g/mol. The summed E-state index contributed by atoms with van der Waals surface area (Å²) in [6, 6.07) is 0. The molecule has 0 amide bonds. The summed E-state index contributed by atoms with van der Waals surface area (Å²) in [5.41, 5.74) is 3.68. The zero-order chi connectivity index (χ0) is 9.82. The van der Waals surface area contributed by atoms with Crippen molar-refractivity contribution in [1.82, 2.24) is 0 Å². The van der Waals surface area contributed by atoms with Crippen LogP contribution in [-0.4, -0.2) is 18.3 Å². The fourth-order valence-electron chi connectivity index (χ4n) is 0.239. The van der Waals surface area contributed by atoms with Crippen LogP contribution in [-0.2, 0) is 4.79 Å². The fourth-order valence-corrected chi connectivity index (χ4v) is 0.716. The highest BCUT2D eigenvalue weighted by molar-refractivity contribution is 8.02. The summed E-state index contributed by atoms with van der Waals surface area (Å²) in [6.45, 7) is 1.93. The molecule has 3 N–H and O–H groups in total. The Morgan fingerprint density at radius 2 is 2.33 bits per heavy atom. The number of rotatable bonds is 3. The first-order valence-corrected chi connectivity index (χ1v) is 4.39. The molecule has 0 aromatic carbocycles. The second-order valence-electron chi connectivity index (χ2n) is 1.69. The van der Waals surface area contributed by atoms with Crippen LogP contribution in [0.1, 0.15) is 6.92 Å². The van der Waals surface area contributed by atoms with Gasteiger partial charge in [0.25, 0.3) is 0 Å². The Labute approximate surface area is 77.0 Å². The summed E-state index contributed by atoms with van der Waals surface area (Å²) in [6.07, 6.45) is 6.64. The molecule has 0 atom stereocenters. The maximum atomic E-state index is 8.89. The van der Waals surface area contributed by atoms with Crippen molar-refractivity contribution in [3.8, 4) is 12.3 Å². The van der Waals surface area contributed by atoms with Crippen LogP contribution in [0.4, 0.5) is 0 Å². The molecule has 4 heteroatoms. The normalized spacial score (nSPS) is 8.42. The van der Waals surface area contributed by atoms with Gasteiger partial charge in [-0.3, -0.25) is 0 Å². The highest BCUT2D eigenvalue weighted by Gasteiger charge is 1.76. The van der Waals surface area contributed by atoms with E-state index in [9.17, 15) is 0 Å². The maximum absolute atomic E-state index is 8.89. The molecule has 0 saturated heterocycles. The Hall–Kier alpha value is -0.920. The number of carboxylic acids is 1. The molecule has 0 saturated carbocycles. The zero-order valence-corrected chi connectivity index (χ0v) is 7.89. The van der Waals surface area contributed by atoms with Crippen LogP contribution >= 0.6 is 11.8 Å². The lowest BCUT2D eigenvalue weighted by Gasteiger charge is -1.82. The highest BCUT2D eigenvalue weighted by atomic mass is 32.2. The number of hydrogen-bond donors (Lipinski definition) is 1. The second-order valence-corrected chi connectivity index (χ2v) is 2.70. The van der Waals surface area contributed by atoms with Gasteiger partial charge in [-0.25, -0.2) is 0 Å². The van der Waals surface area contributed by atoms with Crippen LogP contribution in [0.3, 0.4) is 0 Å². The molecule has 68 valence electrons. The number of aliphatic carboxylic acids is 1. The molecule has 0 radical (unpaired) electrons. The number of quaternary nitrogens is 1. The van der Waals surface area contributed by atoms with Gasteiger partial charge < -0.3 is 15.6 Å². The molecule has 0 bridgehead atoms. The van der Waals surface area contributed by atoms with Gasteiger partial charge in [-0.1, -0.05) is 5.92 Å². The largest absolute Gasteiger partial charge is 0.550 e. The minimum absolute atomic E-state index is 0.958. The second kappa shape index (κ2) is 12.7. The molecule has 0 spiro atoms. The monoisotopic (exact) mass is 187 g/mol. The Balaban J connectivity index is 0. The number of carbonyl (C=O) groups excluding carboxylic acids is 1. The van der Waals surface area contributed by atoms with Crippen molar-refractivity contribution < 1.29 is 15.6 Å². The van der Waals surface area contributed by atoms with Crippen molar-refractivity contribution in [3.63, 3.8) is 0 Å². The summed E-state index contributed by atoms with van der Waals surface area (Å²) in [5.74, 6) is 2.38. The van der Waals surface area contributed by atoms with E-state index in [1.54, 1.807) is 17.8 Å². The first-order chi connectivity index (χ1) is 5.65. The van der Waals surface area contributed by atoms with Crippen molar-refractivity contribution in [2.75, 3.05) is 12.3 Å². The summed E-state index contributed by atoms with van der Waals surface area (Å²) in [5, 5.41) is 10.8. The first-order valence-electron chi connectivity index (χ1n) is 3.34. The third-order valence-electron chi connectivity index (χ3n) is 0.523. The number of carboxylic acid groups (broad SMARTS) is 1. The van der Waals surface area contributed by atoms with Gasteiger partial charge in [-0.05, 0) is 18.4 Å². The number of hydrogen-bond acceptors (Lipinski definition) is 3. The molecule has 0 unspecified atom stereocenters. The van der Waals surface area contributed by atoms with Crippen LogP contribution in [0.15, 0.2) is 11.5 Å². The van der Waals surface area contributed by atoms with Crippen molar-refractivity contribution in [1.29, 1.82) is 0 Å². The van der Waals surface area contributed by atoms with E-state index in [1.165, 1.54) is 0 Å². The quantitative estimate of drug-likeness (QED) is 0.449. The van der Waals surface area contributed by atoms with E-state index in [0.29, 0.717) is 0 Å². The van der Waals surface area contributed by atoms with Crippen molar-refractivity contribution in [2.24, 2.45) is 0 Å². The molecule has 0 aromatic heterocycles. The van der Waals surface area contributed by atoms with Gasteiger partial charge in [0, 0.05) is 11.7 Å². The van der Waals surface area contributed by atoms with Gasteiger partial charge >= 0.3 is 0 Å². The van der Waals surface area contributed by atoms with Crippen molar-refractivity contribution in [3.05, 3.63) is 11.5 Å². The maximum Gasteiger partial charge on any atom is 0.0835 e. The first kappa shape index (κ1) is 13.7. The highest BCUT2D eigenvalue weighted by Crippen LogP contribution is 1.97. The molecule has 0 fully saturated rings. The molecule has 0 heterocycles. The predicted molar refractivity (Wildman–Crippen MR) is 48.9 cm³/mol. The van der Waals surface area contributed by atoms with E-state index in [0.717, 1.165) is 19.2 Å². The third kappa shape index (κ3) is 35.6. The van der Waals surface area contributed by atoms with Crippen LogP contribution in [0.2, 0.25) is 0 Å². The molecule has 0 aliphatic rings. The number of terminal acetylenes is 1. The van der Waals surface area contributed by atoms with Crippen molar-refractivity contribution >= 4 is 17.7 Å². The fraction of sp³-hybridized carbons (Fsp3) is 0.375. The summed E-state index contributed by atoms with van der Waals surface area (Å²) >= 11 is 1.69. The lowest BCUT2D eigenvalue weighted by Crippen LogP contribution is -2.51. The van der Waals surface area contributed by atoms with Crippen molar-refractivity contribution in [2.45, 2.75) is 6.92 Å². The minimum Gasteiger partial charge on any atom is -0.550 e. The SMILES string of the molecule is C#CC=CSCC[NH3+].CC(=O)[O-]. The molecule has 12 heavy (non-hydrogen) atoms. The summed E-state index contributed by atoms with van der Waals surface area (Å²) < 4.78 is 0. The standard InChI is InChI=1S/C6H9NS.C2H4O2/c1-2-3-5-8-6-4-7;1-2(3)4/h1,3,5H,4,6-7H2;1H3,(H,3,4). The molecular weight excluding hydrogens is 174 g/mol. The lowest BCUT2D eigenvalue weighted by atomic mass is 10.7. The predicted octanol–water partition coefficient (Wildman–Crippen LogP) is -1.14. The molecule has 0 aliphatic heterocycles. The summed E-state index contributed by atoms with van der Waals surface area (Å²) in [4.78, 5) is 8.89. The van der Waals surface area contributed by atoms with Gasteiger partial charge in [-0.15, -0.1) is 18.2 Å². The summed E-state index contributed by atoms with van der Waals surface area (Å²) in [7, 11) is 0. The van der Waals surface area contributed by atoms with Gasteiger partial charge in [0.2, 0.25) is 0 Å². The molecular formula is C8H13NO2S. The third-order valence-corrected chi connectivity index (χ3v) is 1.38. The minimum atomic E-state index is -1.08. The van der Waals surface area contributed by atoms with E-state index < -0.39 is 5.97 Å². The van der Waals surface area contributed by atoms with E-state index in [-0.39, 0.29) is 0 Å². The Morgan fingerprint density at radius 1 is 1.83 bits per heavy atom. The van der Waals surface area contributed by atoms with E-state index in [1.807, 2.05) is 5.41 Å². The van der Waals surface area contributed by atoms with Crippen LogP contribution in [0, 0.1) is 12.3 Å². The number of carbonyl (C=O) groups is 1. The van der Waals surface area contributed by atoms with Crippen LogP contribution in [0.25, 0.3) is 0 Å². The molecule has 0 aliphatic carbocycles. The molecule has 0 aromatic rings. The zero-order valence-electron chi connectivity index (χ0n) is 7.08. The lowest BCUT2D eigenvalue weighted by molar-refractivity contribution is -0.360. The molecule has 3 nitrogen and oxygen atoms in total. The van der Waals surface area contributed by atoms with Crippen LogP contribution in [0.5, 0.6) is 0 Å². The Morgan fingerprint density at radius 3 is 2.67 bits per heavy atom. The van der Waals surface area contributed by atoms with Gasteiger partial charge in [-0.2, -0.15) is 0 Å². The van der Waals surface area contributed by atoms with E-state index >= 15 is 0 Å². The topological polar surface area (TPSA) is 67.8 Å². The van der Waals surface area contributed by atoms with Gasteiger partial charge in [0.1, 0.15) is 0 Å². The van der Waals surface area contributed by atoms with E-state index in [2.05, 4.69) is 11.7 Å². The Bertz CT molecular complexity index is 168. The van der Waals surface area contributed by atoms with Gasteiger partial charge in [0.15, 0.2) is 0 Å². The Kier molecular flexibility index (Phi) is 14.5. The average Bonchev–Trinajstić information content (AvgIpc) is 1.97. The van der Waals surface area contributed by atoms with Gasteiger partial charge in [0.05, 0.1) is 6.54 Å². The smallest absolute Gasteiger partial charge is 0.0835 e. The van der Waals surface area contributed by atoms with E-state index in [4.69, 9.17) is 16.3 Å². The number of allylic oxidation sites excluding steroid dienone is 1. The molecule has 0 rings (SSSR count).